The summed E-state index contributed by atoms with van der Waals surface area (Å²) in [5.41, 5.74) is -1.62. The van der Waals surface area contributed by atoms with Crippen LogP contribution in [0.15, 0.2) is 48.7 Å². The highest BCUT2D eigenvalue weighted by molar-refractivity contribution is 5.95. The van der Waals surface area contributed by atoms with E-state index < -0.39 is 29.4 Å². The molecule has 0 radical (unpaired) electrons. The number of halogens is 6. The quantitative estimate of drug-likeness (QED) is 0.393. The van der Waals surface area contributed by atoms with Gasteiger partial charge < -0.3 is 24.8 Å². The van der Waals surface area contributed by atoms with Gasteiger partial charge in [-0.25, -0.2) is 14.8 Å². The van der Waals surface area contributed by atoms with E-state index in [1.807, 2.05) is 17.0 Å². The third-order valence-corrected chi connectivity index (χ3v) is 5.69. The van der Waals surface area contributed by atoms with Gasteiger partial charge in [0.2, 0.25) is 5.95 Å². The molecule has 0 amide bonds. The van der Waals surface area contributed by atoms with Crippen molar-refractivity contribution in [1.29, 1.82) is 0 Å². The van der Waals surface area contributed by atoms with Crippen molar-refractivity contribution in [1.82, 2.24) is 15.3 Å². The zero-order chi connectivity index (χ0) is 29.5. The van der Waals surface area contributed by atoms with Crippen molar-refractivity contribution in [2.24, 2.45) is 0 Å². The maximum atomic E-state index is 12.4. The van der Waals surface area contributed by atoms with Crippen molar-refractivity contribution in [3.8, 4) is 17.0 Å². The molecule has 2 heterocycles. The summed E-state index contributed by atoms with van der Waals surface area (Å²) in [5.74, 6) is 0.000247. The van der Waals surface area contributed by atoms with Crippen LogP contribution in [0.1, 0.15) is 27.0 Å². The van der Waals surface area contributed by atoms with Crippen LogP contribution in [0.4, 0.5) is 32.3 Å². The number of methoxy groups -OCH3 is 1. The number of nitrogens with one attached hydrogen (secondary N) is 1. The molecule has 0 spiro atoms. The van der Waals surface area contributed by atoms with Crippen molar-refractivity contribution in [2.75, 3.05) is 45.4 Å². The van der Waals surface area contributed by atoms with E-state index in [1.165, 1.54) is 13.2 Å². The van der Waals surface area contributed by atoms with Gasteiger partial charge in [0.05, 0.1) is 37.1 Å². The molecule has 0 saturated carbocycles. The summed E-state index contributed by atoms with van der Waals surface area (Å²) >= 11 is 0. The van der Waals surface area contributed by atoms with Crippen LogP contribution >= 0.6 is 0 Å². The Bertz CT molecular complexity index is 1280. The highest BCUT2D eigenvalue weighted by atomic mass is 19.4. The first-order chi connectivity index (χ1) is 18.8. The molecule has 0 bridgehead atoms. The summed E-state index contributed by atoms with van der Waals surface area (Å²) < 4.78 is 85.0. The van der Waals surface area contributed by atoms with Crippen LogP contribution in [-0.4, -0.2) is 61.5 Å². The lowest BCUT2D eigenvalue weighted by Gasteiger charge is -2.27. The van der Waals surface area contributed by atoms with Crippen LogP contribution in [0.3, 0.4) is 0 Å². The standard InChI is InChI=1S/C16H17N3O4.C10H9F6N/c1-22-13-5-3-2-4-11(13)14-12(15(20)21)10-17-16(18-14)19-6-8-23-9-7-19;1-17-5-6-2-7(9(11,12)13)4-8(3-6)10(14,15)16/h2-5,10H,6-9H2,1H3,(H,20,21);2-4,17H,5H2,1H3. The molecule has 1 fully saturated rings. The molecule has 4 rings (SSSR count). The predicted molar refractivity (Wildman–Crippen MR) is 133 cm³/mol. The van der Waals surface area contributed by atoms with Gasteiger partial charge in [-0.05, 0) is 42.9 Å². The number of morpholine rings is 1. The van der Waals surface area contributed by atoms with E-state index in [4.69, 9.17) is 9.47 Å². The Labute approximate surface area is 225 Å². The number of ether oxygens (including phenoxy) is 2. The largest absolute Gasteiger partial charge is 0.496 e. The van der Waals surface area contributed by atoms with E-state index in [0.717, 1.165) is 0 Å². The maximum Gasteiger partial charge on any atom is 0.416 e. The molecule has 0 unspecified atom stereocenters. The third-order valence-electron chi connectivity index (χ3n) is 5.69. The first-order valence-electron chi connectivity index (χ1n) is 11.8. The Balaban J connectivity index is 0.000000232. The molecule has 8 nitrogen and oxygen atoms in total. The lowest BCUT2D eigenvalue weighted by atomic mass is 10.0. The number of hydrogen-bond acceptors (Lipinski definition) is 7. The number of para-hydroxylation sites is 1. The molecular weight excluding hydrogens is 546 g/mol. The van der Waals surface area contributed by atoms with Crippen LogP contribution in [0.2, 0.25) is 0 Å². The van der Waals surface area contributed by atoms with E-state index in [0.29, 0.717) is 61.4 Å². The molecule has 2 N–H and O–H groups in total. The average molecular weight is 573 g/mol. The lowest BCUT2D eigenvalue weighted by molar-refractivity contribution is -0.143. The van der Waals surface area contributed by atoms with Crippen LogP contribution in [-0.2, 0) is 23.6 Å². The average Bonchev–Trinajstić information content (AvgIpc) is 2.92. The van der Waals surface area contributed by atoms with Crippen LogP contribution in [0, 0.1) is 0 Å². The SMILES string of the molecule is CNCc1cc(C(F)(F)F)cc(C(F)(F)F)c1.COc1ccccc1-c1nc(N2CCOCC2)ncc1C(=O)O. The zero-order valence-electron chi connectivity index (χ0n) is 21.4. The number of alkyl halides is 6. The van der Waals surface area contributed by atoms with Gasteiger partial charge in [-0.1, -0.05) is 12.1 Å². The topological polar surface area (TPSA) is 96.8 Å². The van der Waals surface area contributed by atoms with Gasteiger partial charge >= 0.3 is 18.3 Å². The first kappa shape index (κ1) is 30.6. The second-order valence-corrected chi connectivity index (χ2v) is 8.48. The van der Waals surface area contributed by atoms with Gasteiger partial charge in [-0.3, -0.25) is 0 Å². The second-order valence-electron chi connectivity index (χ2n) is 8.48. The molecule has 1 saturated heterocycles. The van der Waals surface area contributed by atoms with Crippen molar-refractivity contribution in [3.63, 3.8) is 0 Å². The third kappa shape index (κ3) is 7.82. The number of hydrogen-bond donors (Lipinski definition) is 2. The fraction of sp³-hybridized carbons (Fsp3) is 0.346. The number of aromatic nitrogens is 2. The molecule has 2 aromatic carbocycles. The smallest absolute Gasteiger partial charge is 0.416 e. The highest BCUT2D eigenvalue weighted by Gasteiger charge is 2.36. The first-order valence-corrected chi connectivity index (χ1v) is 11.8. The summed E-state index contributed by atoms with van der Waals surface area (Å²) in [6.45, 7) is 2.50. The number of aromatic carboxylic acids is 1. The Hall–Kier alpha value is -3.91. The van der Waals surface area contributed by atoms with E-state index in [1.54, 1.807) is 19.2 Å². The summed E-state index contributed by atoms with van der Waals surface area (Å²) in [5, 5.41) is 11.9. The normalized spacial score (nSPS) is 13.8. The van der Waals surface area contributed by atoms with Crippen molar-refractivity contribution >= 4 is 11.9 Å². The maximum absolute atomic E-state index is 12.4. The van der Waals surface area contributed by atoms with E-state index in [-0.39, 0.29) is 23.7 Å². The fourth-order valence-electron chi connectivity index (χ4n) is 3.82. The van der Waals surface area contributed by atoms with Crippen LogP contribution in [0.5, 0.6) is 5.75 Å². The van der Waals surface area contributed by atoms with Gasteiger partial charge in [-0.15, -0.1) is 0 Å². The fourth-order valence-corrected chi connectivity index (χ4v) is 3.82. The number of carboxylic acid groups (broad SMARTS) is 1. The molecule has 1 aromatic heterocycles. The lowest BCUT2D eigenvalue weighted by Crippen LogP contribution is -2.37. The highest BCUT2D eigenvalue weighted by Crippen LogP contribution is 2.36. The monoisotopic (exact) mass is 572 g/mol. The summed E-state index contributed by atoms with van der Waals surface area (Å²) in [6.07, 6.45) is -8.23. The number of anilines is 1. The molecule has 14 heteroatoms. The molecule has 0 atom stereocenters. The minimum absolute atomic E-state index is 0.0477. The van der Waals surface area contributed by atoms with E-state index in [9.17, 15) is 36.2 Å². The number of nitrogens with zero attached hydrogens (tertiary/aromatic N) is 3. The van der Waals surface area contributed by atoms with Gasteiger partial charge in [0.1, 0.15) is 11.3 Å². The number of carbonyl (C=O) groups is 1. The molecule has 0 aliphatic carbocycles. The predicted octanol–water partition coefficient (Wildman–Crippen LogP) is 5.13. The number of rotatable bonds is 6. The Morgan fingerprint density at radius 3 is 2.17 bits per heavy atom. The van der Waals surface area contributed by atoms with Crippen LogP contribution < -0.4 is 15.0 Å². The second kappa shape index (κ2) is 13.0. The molecule has 1 aliphatic heterocycles. The molecular formula is C26H26F6N4O4. The van der Waals surface area contributed by atoms with Crippen molar-refractivity contribution in [2.45, 2.75) is 18.9 Å². The summed E-state index contributed by atoms with van der Waals surface area (Å²) in [7, 11) is 2.98. The molecule has 1 aliphatic rings. The number of carboxylic acids is 1. The molecule has 40 heavy (non-hydrogen) atoms. The van der Waals surface area contributed by atoms with Crippen LogP contribution in [0.25, 0.3) is 11.3 Å². The summed E-state index contributed by atoms with van der Waals surface area (Å²) in [6, 6.07) is 8.72. The van der Waals surface area contributed by atoms with E-state index in [2.05, 4.69) is 15.3 Å². The zero-order valence-corrected chi connectivity index (χ0v) is 21.4. The van der Waals surface area contributed by atoms with Gasteiger partial charge in [-0.2, -0.15) is 26.3 Å². The Morgan fingerprint density at radius 1 is 1.05 bits per heavy atom. The minimum atomic E-state index is -4.79. The molecule has 216 valence electrons. The van der Waals surface area contributed by atoms with Gasteiger partial charge in [0.25, 0.3) is 0 Å². The van der Waals surface area contributed by atoms with Crippen molar-refractivity contribution < 1.29 is 45.7 Å². The van der Waals surface area contributed by atoms with Gasteiger partial charge in [0.15, 0.2) is 0 Å². The van der Waals surface area contributed by atoms with E-state index >= 15 is 0 Å². The number of benzene rings is 2. The Kier molecular flexibility index (Phi) is 9.93. The summed E-state index contributed by atoms with van der Waals surface area (Å²) in [4.78, 5) is 22.2. The van der Waals surface area contributed by atoms with Gasteiger partial charge in [0, 0.05) is 31.4 Å². The minimum Gasteiger partial charge on any atom is -0.496 e. The Morgan fingerprint density at radius 2 is 1.65 bits per heavy atom. The molecule has 3 aromatic rings. The van der Waals surface area contributed by atoms with Crippen molar-refractivity contribution in [3.05, 3.63) is 70.9 Å².